The van der Waals surface area contributed by atoms with Crippen molar-refractivity contribution in [1.29, 1.82) is 0 Å². The van der Waals surface area contributed by atoms with E-state index in [0.717, 1.165) is 5.69 Å². The van der Waals surface area contributed by atoms with Crippen LogP contribution in [0.15, 0.2) is 47.4 Å². The zero-order chi connectivity index (χ0) is 18.6. The van der Waals surface area contributed by atoms with E-state index in [4.69, 9.17) is 9.29 Å². The molecule has 7 nitrogen and oxygen atoms in total. The van der Waals surface area contributed by atoms with E-state index in [2.05, 4.69) is 5.32 Å². The molecule has 0 heterocycles. The van der Waals surface area contributed by atoms with Gasteiger partial charge in [-0.3, -0.25) is 9.35 Å². The number of hydrogen-bond donors (Lipinski definition) is 2. The van der Waals surface area contributed by atoms with Crippen molar-refractivity contribution < 1.29 is 22.5 Å². The lowest BCUT2D eigenvalue weighted by Gasteiger charge is -2.23. The molecule has 0 saturated carbocycles. The summed E-state index contributed by atoms with van der Waals surface area (Å²) < 4.78 is 37.1. The van der Waals surface area contributed by atoms with E-state index in [0.29, 0.717) is 23.5 Å². The van der Waals surface area contributed by atoms with Gasteiger partial charge in [-0.1, -0.05) is 12.1 Å². The first-order valence-electron chi connectivity index (χ1n) is 7.44. The number of ether oxygens (including phenoxy) is 1. The summed E-state index contributed by atoms with van der Waals surface area (Å²) in [5.74, 6) is 0.433. The Kier molecular flexibility index (Phi) is 5.66. The van der Waals surface area contributed by atoms with Crippen LogP contribution in [0.3, 0.4) is 0 Å². The van der Waals surface area contributed by atoms with Crippen LogP contribution < -0.4 is 15.0 Å². The van der Waals surface area contributed by atoms with Crippen molar-refractivity contribution in [1.82, 2.24) is 0 Å². The molecule has 0 aromatic heterocycles. The summed E-state index contributed by atoms with van der Waals surface area (Å²) in [6.45, 7) is 1.80. The van der Waals surface area contributed by atoms with E-state index in [-0.39, 0.29) is 10.8 Å². The molecule has 2 aromatic rings. The molecule has 0 aliphatic carbocycles. The number of amides is 1. The van der Waals surface area contributed by atoms with Crippen LogP contribution >= 0.6 is 0 Å². The molecule has 0 radical (unpaired) electrons. The van der Waals surface area contributed by atoms with Crippen LogP contribution in [-0.2, 0) is 21.5 Å². The first-order valence-corrected chi connectivity index (χ1v) is 8.88. The summed E-state index contributed by atoms with van der Waals surface area (Å²) in [7, 11) is -0.889. The normalized spacial score (nSPS) is 11.0. The van der Waals surface area contributed by atoms with Gasteiger partial charge in [0.1, 0.15) is 5.75 Å². The Morgan fingerprint density at radius 1 is 1.24 bits per heavy atom. The molecule has 134 valence electrons. The lowest BCUT2D eigenvalue weighted by atomic mass is 10.2. The van der Waals surface area contributed by atoms with Gasteiger partial charge in [0.05, 0.1) is 17.7 Å². The minimum atomic E-state index is -4.25. The Morgan fingerprint density at radius 3 is 2.56 bits per heavy atom. The highest BCUT2D eigenvalue weighted by molar-refractivity contribution is 7.85. The lowest BCUT2D eigenvalue weighted by molar-refractivity contribution is -0.114. The summed E-state index contributed by atoms with van der Waals surface area (Å²) in [6, 6.07) is 11.3. The Balaban J connectivity index is 2.31. The smallest absolute Gasteiger partial charge is 0.294 e. The highest BCUT2D eigenvalue weighted by Gasteiger charge is 2.13. The summed E-state index contributed by atoms with van der Waals surface area (Å²) >= 11 is 0. The number of carbonyl (C=O) groups is 1. The molecule has 2 rings (SSSR count). The average molecular weight is 364 g/mol. The van der Waals surface area contributed by atoms with E-state index in [1.54, 1.807) is 37.4 Å². The number of carbonyl (C=O) groups excluding carboxylic acids is 1. The van der Waals surface area contributed by atoms with Crippen molar-refractivity contribution in [2.75, 3.05) is 24.4 Å². The van der Waals surface area contributed by atoms with Crippen molar-refractivity contribution in [3.63, 3.8) is 0 Å². The van der Waals surface area contributed by atoms with Gasteiger partial charge >= 0.3 is 0 Å². The van der Waals surface area contributed by atoms with E-state index >= 15 is 0 Å². The summed E-state index contributed by atoms with van der Waals surface area (Å²) in [5.41, 5.74) is 2.05. The van der Waals surface area contributed by atoms with Gasteiger partial charge in [0.2, 0.25) is 5.91 Å². The monoisotopic (exact) mass is 364 g/mol. The average Bonchev–Trinajstić information content (AvgIpc) is 2.53. The van der Waals surface area contributed by atoms with Crippen LogP contribution in [0.2, 0.25) is 0 Å². The Bertz CT molecular complexity index is 880. The standard InChI is InChI=1S/C17H20N2O5S/c1-12(20)18-14-7-8-17(24-3)16(10-14)19(2)11-13-5-4-6-15(9-13)25(21,22)23/h4-10H,11H2,1-3H3,(H,18,20)(H,21,22,23). The molecular formula is C17H20N2O5S. The van der Waals surface area contributed by atoms with Gasteiger partial charge < -0.3 is 15.0 Å². The predicted molar refractivity (Wildman–Crippen MR) is 95.7 cm³/mol. The minimum Gasteiger partial charge on any atom is -0.495 e. The van der Waals surface area contributed by atoms with Crippen molar-refractivity contribution in [2.45, 2.75) is 18.4 Å². The van der Waals surface area contributed by atoms with Gasteiger partial charge in [0, 0.05) is 26.2 Å². The van der Waals surface area contributed by atoms with Crippen molar-refractivity contribution in [3.05, 3.63) is 48.0 Å². The van der Waals surface area contributed by atoms with E-state index in [9.17, 15) is 13.2 Å². The number of anilines is 2. The molecule has 0 atom stereocenters. The summed E-state index contributed by atoms with van der Waals surface area (Å²) in [5, 5.41) is 2.71. The number of hydrogen-bond acceptors (Lipinski definition) is 5. The van der Waals surface area contributed by atoms with Gasteiger partial charge in [-0.15, -0.1) is 0 Å². The molecule has 0 fully saturated rings. The highest BCUT2D eigenvalue weighted by atomic mass is 32.2. The molecule has 0 aliphatic rings. The van der Waals surface area contributed by atoms with Crippen molar-refractivity contribution in [3.8, 4) is 5.75 Å². The molecule has 1 amide bonds. The second-order valence-electron chi connectivity index (χ2n) is 5.55. The number of methoxy groups -OCH3 is 1. The lowest BCUT2D eigenvalue weighted by Crippen LogP contribution is -2.18. The molecule has 0 saturated heterocycles. The first-order chi connectivity index (χ1) is 11.7. The summed E-state index contributed by atoms with van der Waals surface area (Å²) in [4.78, 5) is 12.9. The Morgan fingerprint density at radius 2 is 1.96 bits per heavy atom. The van der Waals surface area contributed by atoms with Gasteiger partial charge in [-0.2, -0.15) is 8.42 Å². The SMILES string of the molecule is COc1ccc(NC(C)=O)cc1N(C)Cc1cccc(S(=O)(=O)O)c1. The first kappa shape index (κ1) is 18.8. The van der Waals surface area contributed by atoms with E-state index in [1.165, 1.54) is 19.1 Å². The second-order valence-corrected chi connectivity index (χ2v) is 6.97. The number of benzene rings is 2. The third-order valence-corrected chi connectivity index (χ3v) is 4.38. The maximum atomic E-state index is 11.3. The molecule has 0 aliphatic heterocycles. The Hall–Kier alpha value is -2.58. The fraction of sp³-hybridized carbons (Fsp3) is 0.235. The largest absolute Gasteiger partial charge is 0.495 e. The third-order valence-electron chi connectivity index (χ3n) is 3.53. The van der Waals surface area contributed by atoms with Crippen molar-refractivity contribution >= 4 is 27.4 Å². The van der Waals surface area contributed by atoms with Gasteiger partial charge in [-0.05, 0) is 35.9 Å². The van der Waals surface area contributed by atoms with Gasteiger partial charge in [0.25, 0.3) is 10.1 Å². The molecule has 25 heavy (non-hydrogen) atoms. The third kappa shape index (κ3) is 4.94. The van der Waals surface area contributed by atoms with Crippen LogP contribution in [0, 0.1) is 0 Å². The quantitative estimate of drug-likeness (QED) is 0.765. The van der Waals surface area contributed by atoms with Crippen LogP contribution in [-0.4, -0.2) is 33.0 Å². The predicted octanol–water partition coefficient (Wildman–Crippen LogP) is 2.54. The second kappa shape index (κ2) is 7.54. The maximum Gasteiger partial charge on any atom is 0.294 e. The minimum absolute atomic E-state index is 0.155. The highest BCUT2D eigenvalue weighted by Crippen LogP contribution is 2.31. The molecular weight excluding hydrogens is 344 g/mol. The van der Waals surface area contributed by atoms with Crippen LogP contribution in [0.1, 0.15) is 12.5 Å². The van der Waals surface area contributed by atoms with Crippen LogP contribution in [0.5, 0.6) is 5.75 Å². The van der Waals surface area contributed by atoms with Gasteiger partial charge in [0.15, 0.2) is 0 Å². The fourth-order valence-electron chi connectivity index (χ4n) is 2.43. The topological polar surface area (TPSA) is 95.9 Å². The number of rotatable bonds is 6. The molecule has 2 aromatic carbocycles. The zero-order valence-electron chi connectivity index (χ0n) is 14.2. The molecule has 8 heteroatoms. The molecule has 0 spiro atoms. The summed E-state index contributed by atoms with van der Waals surface area (Å²) in [6.07, 6.45) is 0. The van der Waals surface area contributed by atoms with E-state index in [1.807, 2.05) is 11.9 Å². The van der Waals surface area contributed by atoms with Crippen molar-refractivity contribution in [2.24, 2.45) is 0 Å². The fourth-order valence-corrected chi connectivity index (χ4v) is 2.98. The number of nitrogens with zero attached hydrogens (tertiary/aromatic N) is 1. The molecule has 0 bridgehead atoms. The maximum absolute atomic E-state index is 11.3. The molecule has 2 N–H and O–H groups in total. The van der Waals surface area contributed by atoms with E-state index < -0.39 is 10.1 Å². The Labute approximate surface area is 147 Å². The molecule has 0 unspecified atom stereocenters. The van der Waals surface area contributed by atoms with Gasteiger partial charge in [-0.25, -0.2) is 0 Å². The van der Waals surface area contributed by atoms with Crippen LogP contribution in [0.4, 0.5) is 11.4 Å². The van der Waals surface area contributed by atoms with Crippen LogP contribution in [0.25, 0.3) is 0 Å². The number of nitrogens with one attached hydrogen (secondary N) is 1. The zero-order valence-corrected chi connectivity index (χ0v) is 15.0.